The number of carbonyl (C=O) groups is 2. The van der Waals surface area contributed by atoms with Gasteiger partial charge in [-0.25, -0.2) is 0 Å². The van der Waals surface area contributed by atoms with Gasteiger partial charge in [0.2, 0.25) is 5.91 Å². The Morgan fingerprint density at radius 3 is 2.27 bits per heavy atom. The SMILES string of the molecule is O=C(CCN1C(=O)COc2ccccc21)NCC1CC2c3ccccc3C1c1ccccc12. The maximum atomic E-state index is 12.8. The predicted molar refractivity (Wildman–Crippen MR) is 127 cm³/mol. The lowest BCUT2D eigenvalue weighted by Crippen LogP contribution is -2.42. The third-order valence-corrected chi connectivity index (χ3v) is 7.35. The second kappa shape index (κ2) is 8.07. The highest BCUT2D eigenvalue weighted by atomic mass is 16.5. The van der Waals surface area contributed by atoms with E-state index in [1.807, 2.05) is 24.3 Å². The molecule has 1 heterocycles. The lowest BCUT2D eigenvalue weighted by molar-refractivity contribution is -0.122. The van der Waals surface area contributed by atoms with Crippen molar-refractivity contribution in [2.45, 2.75) is 24.7 Å². The van der Waals surface area contributed by atoms with E-state index in [1.54, 1.807) is 4.90 Å². The lowest BCUT2D eigenvalue weighted by atomic mass is 9.59. The Morgan fingerprint density at radius 2 is 1.55 bits per heavy atom. The number of benzene rings is 3. The third kappa shape index (κ3) is 3.39. The molecule has 1 unspecified atom stereocenters. The Balaban J connectivity index is 1.14. The summed E-state index contributed by atoms with van der Waals surface area (Å²) in [6.45, 7) is 1.02. The van der Waals surface area contributed by atoms with Crippen molar-refractivity contribution >= 4 is 17.5 Å². The number of hydrogen-bond donors (Lipinski definition) is 1. The van der Waals surface area contributed by atoms with Crippen molar-refractivity contribution in [2.75, 3.05) is 24.6 Å². The average molecular weight is 439 g/mol. The van der Waals surface area contributed by atoms with Gasteiger partial charge in [-0.05, 0) is 46.7 Å². The van der Waals surface area contributed by atoms with E-state index in [0.717, 1.165) is 12.1 Å². The van der Waals surface area contributed by atoms with Crippen LogP contribution in [0.15, 0.2) is 72.8 Å². The molecule has 0 radical (unpaired) electrons. The van der Waals surface area contributed by atoms with Crippen molar-refractivity contribution in [1.29, 1.82) is 0 Å². The fourth-order valence-electron chi connectivity index (χ4n) is 5.91. The van der Waals surface area contributed by atoms with Crippen molar-refractivity contribution in [1.82, 2.24) is 5.32 Å². The van der Waals surface area contributed by atoms with Gasteiger partial charge in [-0.3, -0.25) is 9.59 Å². The summed E-state index contributed by atoms with van der Waals surface area (Å²) in [4.78, 5) is 26.8. The molecule has 5 nitrogen and oxygen atoms in total. The number of nitrogens with zero attached hydrogens (tertiary/aromatic N) is 1. The Kier molecular flexibility index (Phi) is 4.90. The van der Waals surface area contributed by atoms with E-state index in [2.05, 4.69) is 53.8 Å². The number of fused-ring (bicyclic) bond motifs is 2. The smallest absolute Gasteiger partial charge is 0.265 e. The lowest BCUT2D eigenvalue weighted by Gasteiger charge is -2.45. The second-order valence-corrected chi connectivity index (χ2v) is 9.14. The zero-order valence-electron chi connectivity index (χ0n) is 18.4. The monoisotopic (exact) mass is 438 g/mol. The summed E-state index contributed by atoms with van der Waals surface area (Å²) in [5.74, 6) is 1.64. The molecular formula is C28H26N2O3. The van der Waals surface area contributed by atoms with Crippen LogP contribution < -0.4 is 15.0 Å². The standard InChI is InChI=1S/C28H26N2O3/c31-26(13-14-30-24-11-5-6-12-25(24)33-17-27(30)32)29-16-18-15-23-19-7-1-3-9-21(19)28(18)22-10-4-2-8-20(22)23/h1-12,18,23,28H,13-17H2,(H,29,31). The van der Waals surface area contributed by atoms with Crippen molar-refractivity contribution < 1.29 is 14.3 Å². The van der Waals surface area contributed by atoms with Crippen LogP contribution in [0.2, 0.25) is 0 Å². The number of nitrogens with one attached hydrogen (secondary N) is 1. The minimum absolute atomic E-state index is 0.0165. The molecule has 4 aliphatic rings. The van der Waals surface area contributed by atoms with E-state index in [0.29, 0.717) is 36.6 Å². The zero-order valence-corrected chi connectivity index (χ0v) is 18.4. The third-order valence-electron chi connectivity index (χ3n) is 7.35. The summed E-state index contributed by atoms with van der Waals surface area (Å²) in [6.07, 6.45) is 1.32. The van der Waals surface area contributed by atoms with Gasteiger partial charge in [0.1, 0.15) is 5.75 Å². The molecule has 0 fully saturated rings. The minimum Gasteiger partial charge on any atom is -0.482 e. The van der Waals surface area contributed by atoms with E-state index in [-0.39, 0.29) is 24.8 Å². The Hall–Kier alpha value is -3.60. The Bertz CT molecular complexity index is 1190. The van der Waals surface area contributed by atoms with Crippen LogP contribution in [0.5, 0.6) is 5.75 Å². The fraction of sp³-hybridized carbons (Fsp3) is 0.286. The molecule has 2 bridgehead atoms. The molecule has 3 aromatic carbocycles. The van der Waals surface area contributed by atoms with Gasteiger partial charge in [0.15, 0.2) is 6.61 Å². The van der Waals surface area contributed by atoms with E-state index in [9.17, 15) is 9.59 Å². The van der Waals surface area contributed by atoms with Gasteiger partial charge in [-0.15, -0.1) is 0 Å². The van der Waals surface area contributed by atoms with Gasteiger partial charge < -0.3 is 15.0 Å². The second-order valence-electron chi connectivity index (χ2n) is 9.14. The molecule has 0 saturated carbocycles. The number of rotatable bonds is 5. The molecule has 7 rings (SSSR count). The predicted octanol–water partition coefficient (Wildman–Crippen LogP) is 4.22. The Labute approximate surface area is 193 Å². The van der Waals surface area contributed by atoms with Crippen molar-refractivity contribution in [2.24, 2.45) is 5.92 Å². The molecule has 2 amide bonds. The maximum Gasteiger partial charge on any atom is 0.265 e. The van der Waals surface area contributed by atoms with Gasteiger partial charge >= 0.3 is 0 Å². The first kappa shape index (κ1) is 20.0. The van der Waals surface area contributed by atoms with Crippen LogP contribution in [0.1, 0.15) is 46.9 Å². The molecule has 0 saturated heterocycles. The van der Waals surface area contributed by atoms with Gasteiger partial charge in [-0.1, -0.05) is 60.7 Å². The number of anilines is 1. The van der Waals surface area contributed by atoms with E-state index >= 15 is 0 Å². The first-order valence-electron chi connectivity index (χ1n) is 11.7. The summed E-state index contributed by atoms with van der Waals surface area (Å²) < 4.78 is 5.49. The van der Waals surface area contributed by atoms with Crippen LogP contribution in [-0.4, -0.2) is 31.5 Å². The van der Waals surface area contributed by atoms with Crippen LogP contribution >= 0.6 is 0 Å². The number of carbonyl (C=O) groups excluding carboxylic acids is 2. The van der Waals surface area contributed by atoms with E-state index in [1.165, 1.54) is 22.3 Å². The summed E-state index contributed by atoms with van der Waals surface area (Å²) in [5.41, 5.74) is 6.42. The molecule has 0 aromatic heterocycles. The molecule has 3 aliphatic carbocycles. The van der Waals surface area contributed by atoms with Crippen molar-refractivity contribution in [3.63, 3.8) is 0 Å². The van der Waals surface area contributed by atoms with Gasteiger partial charge in [-0.2, -0.15) is 0 Å². The van der Waals surface area contributed by atoms with E-state index in [4.69, 9.17) is 4.74 Å². The minimum atomic E-state index is -0.112. The number of amides is 2. The highest BCUT2D eigenvalue weighted by Gasteiger charge is 2.42. The van der Waals surface area contributed by atoms with Crippen LogP contribution in [-0.2, 0) is 9.59 Å². The molecule has 1 atom stereocenters. The molecule has 3 aromatic rings. The van der Waals surface area contributed by atoms with Crippen molar-refractivity contribution in [3.8, 4) is 5.75 Å². The Morgan fingerprint density at radius 1 is 0.909 bits per heavy atom. The molecular weight excluding hydrogens is 412 g/mol. The maximum absolute atomic E-state index is 12.8. The molecule has 1 aliphatic heterocycles. The van der Waals surface area contributed by atoms with Gasteiger partial charge in [0.25, 0.3) is 5.91 Å². The van der Waals surface area contributed by atoms with Gasteiger partial charge in [0, 0.05) is 31.3 Å². The van der Waals surface area contributed by atoms with Crippen LogP contribution in [0.25, 0.3) is 0 Å². The quantitative estimate of drug-likeness (QED) is 0.649. The largest absolute Gasteiger partial charge is 0.482 e. The summed E-state index contributed by atoms with van der Waals surface area (Å²) in [5, 5.41) is 3.17. The van der Waals surface area contributed by atoms with E-state index < -0.39 is 0 Å². The normalized spacial score (nSPS) is 22.1. The van der Waals surface area contributed by atoms with Crippen molar-refractivity contribution in [3.05, 3.63) is 95.1 Å². The number of para-hydroxylation sites is 2. The van der Waals surface area contributed by atoms with Crippen LogP contribution in [0.3, 0.4) is 0 Å². The summed E-state index contributed by atoms with van der Waals surface area (Å²) in [6, 6.07) is 25.0. The molecule has 5 heteroatoms. The highest BCUT2D eigenvalue weighted by molar-refractivity contribution is 5.98. The van der Waals surface area contributed by atoms with Crippen LogP contribution in [0, 0.1) is 5.92 Å². The number of hydrogen-bond acceptors (Lipinski definition) is 3. The molecule has 166 valence electrons. The first-order chi connectivity index (χ1) is 16.2. The van der Waals surface area contributed by atoms with Gasteiger partial charge in [0.05, 0.1) is 5.69 Å². The topological polar surface area (TPSA) is 58.6 Å². The zero-order chi connectivity index (χ0) is 22.4. The van der Waals surface area contributed by atoms with Crippen LogP contribution in [0.4, 0.5) is 5.69 Å². The average Bonchev–Trinajstić information content (AvgIpc) is 2.87. The number of ether oxygens (including phenoxy) is 1. The fourth-order valence-corrected chi connectivity index (χ4v) is 5.91. The first-order valence-corrected chi connectivity index (χ1v) is 11.7. The summed E-state index contributed by atoms with van der Waals surface area (Å²) in [7, 11) is 0. The highest BCUT2D eigenvalue weighted by Crippen LogP contribution is 2.55. The molecule has 0 spiro atoms. The summed E-state index contributed by atoms with van der Waals surface area (Å²) >= 11 is 0. The molecule has 1 N–H and O–H groups in total. The molecule has 33 heavy (non-hydrogen) atoms.